The first kappa shape index (κ1) is 15.7. The Morgan fingerprint density at radius 3 is 2.67 bits per heavy atom. The van der Waals surface area contributed by atoms with E-state index in [0.717, 1.165) is 24.3 Å². The van der Waals surface area contributed by atoms with Gasteiger partial charge in [-0.25, -0.2) is 0 Å². The minimum atomic E-state index is -0.433. The highest BCUT2D eigenvalue weighted by Gasteiger charge is 2.31. The Labute approximate surface area is 127 Å². The quantitative estimate of drug-likeness (QED) is 0.709. The van der Waals surface area contributed by atoms with Crippen LogP contribution in [0.25, 0.3) is 0 Å². The summed E-state index contributed by atoms with van der Waals surface area (Å²) in [7, 11) is 0. The second kappa shape index (κ2) is 7.33. The van der Waals surface area contributed by atoms with Crippen LogP contribution in [0.2, 0.25) is 0 Å². The summed E-state index contributed by atoms with van der Waals surface area (Å²) in [5.74, 6) is 1.64. The first-order valence-corrected chi connectivity index (χ1v) is 7.70. The Kier molecular flexibility index (Phi) is 5.46. The summed E-state index contributed by atoms with van der Waals surface area (Å²) in [5.41, 5.74) is -0.433. The van der Waals surface area contributed by atoms with Gasteiger partial charge in [-0.3, -0.25) is 5.32 Å². The summed E-state index contributed by atoms with van der Waals surface area (Å²) in [6.07, 6.45) is 4.03. The SMILES string of the molecule is CCOc1cccc(OCCCC(C)(C#N)NC2CC2)c1. The largest absolute Gasteiger partial charge is 0.494 e. The lowest BCUT2D eigenvalue weighted by Gasteiger charge is -2.23. The Morgan fingerprint density at radius 1 is 1.33 bits per heavy atom. The van der Waals surface area contributed by atoms with Crippen LogP contribution < -0.4 is 14.8 Å². The molecule has 0 radical (unpaired) electrons. The molecule has 1 atom stereocenters. The van der Waals surface area contributed by atoms with Crippen molar-refractivity contribution in [3.8, 4) is 17.6 Å². The Morgan fingerprint density at radius 2 is 2.05 bits per heavy atom. The topological polar surface area (TPSA) is 54.3 Å². The Balaban J connectivity index is 1.73. The highest BCUT2D eigenvalue weighted by molar-refractivity contribution is 5.32. The van der Waals surface area contributed by atoms with Gasteiger partial charge < -0.3 is 9.47 Å². The molecule has 1 fully saturated rings. The Hall–Kier alpha value is -1.73. The van der Waals surface area contributed by atoms with E-state index in [4.69, 9.17) is 9.47 Å². The van der Waals surface area contributed by atoms with Crippen molar-refractivity contribution in [1.82, 2.24) is 5.32 Å². The molecule has 4 nitrogen and oxygen atoms in total. The molecule has 0 amide bonds. The molecule has 4 heteroatoms. The average Bonchev–Trinajstić information content (AvgIpc) is 3.28. The van der Waals surface area contributed by atoms with Gasteiger partial charge in [0.2, 0.25) is 0 Å². The number of nitriles is 1. The molecule has 1 N–H and O–H groups in total. The van der Waals surface area contributed by atoms with Gasteiger partial charge in [-0.05, 0) is 51.7 Å². The van der Waals surface area contributed by atoms with Gasteiger partial charge in [0.15, 0.2) is 0 Å². The average molecular weight is 288 g/mol. The second-order valence-electron chi connectivity index (χ2n) is 5.72. The van der Waals surface area contributed by atoms with E-state index in [1.807, 2.05) is 38.1 Å². The molecule has 1 aromatic rings. The maximum atomic E-state index is 9.30. The maximum absolute atomic E-state index is 9.30. The molecule has 0 heterocycles. The summed E-state index contributed by atoms with van der Waals surface area (Å²) in [6, 6.07) is 10.6. The monoisotopic (exact) mass is 288 g/mol. The fraction of sp³-hybridized carbons (Fsp3) is 0.588. The summed E-state index contributed by atoms with van der Waals surface area (Å²) in [4.78, 5) is 0. The molecule has 1 aliphatic carbocycles. The van der Waals surface area contributed by atoms with Gasteiger partial charge in [-0.1, -0.05) is 6.07 Å². The zero-order valence-electron chi connectivity index (χ0n) is 12.9. The molecule has 0 saturated heterocycles. The minimum absolute atomic E-state index is 0.433. The van der Waals surface area contributed by atoms with E-state index in [2.05, 4.69) is 11.4 Å². The number of hydrogen-bond donors (Lipinski definition) is 1. The van der Waals surface area contributed by atoms with Gasteiger partial charge in [0.1, 0.15) is 17.0 Å². The zero-order chi connectivity index (χ0) is 15.1. The van der Waals surface area contributed by atoms with Crippen LogP contribution in [0.4, 0.5) is 0 Å². The molecule has 2 rings (SSSR count). The van der Waals surface area contributed by atoms with E-state index in [0.29, 0.717) is 19.3 Å². The smallest absolute Gasteiger partial charge is 0.122 e. The highest BCUT2D eigenvalue weighted by Crippen LogP contribution is 2.25. The van der Waals surface area contributed by atoms with Crippen molar-refractivity contribution >= 4 is 0 Å². The summed E-state index contributed by atoms with van der Waals surface area (Å²) in [5, 5.41) is 12.7. The number of hydrogen-bond acceptors (Lipinski definition) is 4. The molecule has 1 aromatic carbocycles. The summed E-state index contributed by atoms with van der Waals surface area (Å²) in [6.45, 7) is 5.19. The summed E-state index contributed by atoms with van der Waals surface area (Å²) >= 11 is 0. The van der Waals surface area contributed by atoms with Crippen molar-refractivity contribution < 1.29 is 9.47 Å². The third-order valence-electron chi connectivity index (χ3n) is 3.55. The van der Waals surface area contributed by atoms with Crippen LogP contribution in [0.1, 0.15) is 39.5 Å². The lowest BCUT2D eigenvalue weighted by Crippen LogP contribution is -2.42. The predicted molar refractivity (Wildman–Crippen MR) is 82.5 cm³/mol. The molecular formula is C17H24N2O2. The molecule has 0 aromatic heterocycles. The van der Waals surface area contributed by atoms with Gasteiger partial charge in [-0.15, -0.1) is 0 Å². The van der Waals surface area contributed by atoms with E-state index in [1.54, 1.807) is 0 Å². The lowest BCUT2D eigenvalue weighted by molar-refractivity contribution is 0.281. The molecule has 0 aliphatic heterocycles. The number of rotatable bonds is 9. The van der Waals surface area contributed by atoms with Gasteiger partial charge in [0.05, 0.1) is 19.3 Å². The van der Waals surface area contributed by atoms with Crippen molar-refractivity contribution in [2.24, 2.45) is 0 Å². The minimum Gasteiger partial charge on any atom is -0.494 e. The molecule has 114 valence electrons. The molecular weight excluding hydrogens is 264 g/mol. The van der Waals surface area contributed by atoms with Crippen LogP contribution in [0.15, 0.2) is 24.3 Å². The van der Waals surface area contributed by atoms with Crippen molar-refractivity contribution in [2.45, 2.75) is 51.1 Å². The zero-order valence-corrected chi connectivity index (χ0v) is 12.9. The van der Waals surface area contributed by atoms with Crippen LogP contribution in [-0.2, 0) is 0 Å². The fourth-order valence-corrected chi connectivity index (χ4v) is 2.27. The van der Waals surface area contributed by atoms with Crippen molar-refractivity contribution in [3.63, 3.8) is 0 Å². The van der Waals surface area contributed by atoms with Gasteiger partial charge in [0, 0.05) is 12.1 Å². The lowest BCUT2D eigenvalue weighted by atomic mass is 9.98. The van der Waals surface area contributed by atoms with Crippen LogP contribution >= 0.6 is 0 Å². The normalized spacial score (nSPS) is 16.8. The number of benzene rings is 1. The number of nitrogens with zero attached hydrogens (tertiary/aromatic N) is 1. The van der Waals surface area contributed by atoms with Gasteiger partial charge in [0.25, 0.3) is 0 Å². The van der Waals surface area contributed by atoms with Crippen molar-refractivity contribution in [1.29, 1.82) is 5.26 Å². The first-order chi connectivity index (χ1) is 10.1. The predicted octanol–water partition coefficient (Wildman–Crippen LogP) is 3.28. The van der Waals surface area contributed by atoms with Crippen molar-refractivity contribution in [2.75, 3.05) is 13.2 Å². The van der Waals surface area contributed by atoms with E-state index >= 15 is 0 Å². The molecule has 1 saturated carbocycles. The molecule has 0 spiro atoms. The van der Waals surface area contributed by atoms with E-state index in [1.165, 1.54) is 12.8 Å². The van der Waals surface area contributed by atoms with Gasteiger partial charge >= 0.3 is 0 Å². The van der Waals surface area contributed by atoms with E-state index < -0.39 is 5.54 Å². The summed E-state index contributed by atoms with van der Waals surface area (Å²) < 4.78 is 11.2. The van der Waals surface area contributed by atoms with Crippen LogP contribution in [0.5, 0.6) is 11.5 Å². The highest BCUT2D eigenvalue weighted by atomic mass is 16.5. The van der Waals surface area contributed by atoms with Crippen LogP contribution in [0, 0.1) is 11.3 Å². The second-order valence-corrected chi connectivity index (χ2v) is 5.72. The van der Waals surface area contributed by atoms with Crippen molar-refractivity contribution in [3.05, 3.63) is 24.3 Å². The molecule has 1 aliphatic rings. The third kappa shape index (κ3) is 5.28. The number of ether oxygens (including phenoxy) is 2. The first-order valence-electron chi connectivity index (χ1n) is 7.70. The Bertz CT molecular complexity index is 494. The molecule has 21 heavy (non-hydrogen) atoms. The number of nitrogens with one attached hydrogen (secondary N) is 1. The standard InChI is InChI=1S/C17H24N2O2/c1-3-20-15-6-4-7-16(12-15)21-11-5-10-17(2,13-18)19-14-8-9-14/h4,6-7,12,14,19H,3,5,8-11H2,1-2H3. The van der Waals surface area contributed by atoms with E-state index in [9.17, 15) is 5.26 Å². The fourth-order valence-electron chi connectivity index (χ4n) is 2.27. The third-order valence-corrected chi connectivity index (χ3v) is 3.55. The van der Waals surface area contributed by atoms with Gasteiger partial charge in [-0.2, -0.15) is 5.26 Å². The maximum Gasteiger partial charge on any atom is 0.122 e. The van der Waals surface area contributed by atoms with Crippen LogP contribution in [0.3, 0.4) is 0 Å². The molecule has 1 unspecified atom stereocenters. The van der Waals surface area contributed by atoms with E-state index in [-0.39, 0.29) is 0 Å². The molecule has 0 bridgehead atoms. The van der Waals surface area contributed by atoms with Crippen LogP contribution in [-0.4, -0.2) is 24.8 Å².